The lowest BCUT2D eigenvalue weighted by Gasteiger charge is -2.25. The molecule has 0 saturated carbocycles. The third-order valence-corrected chi connectivity index (χ3v) is 4.71. The summed E-state index contributed by atoms with van der Waals surface area (Å²) >= 11 is 3.52. The summed E-state index contributed by atoms with van der Waals surface area (Å²) in [6.45, 7) is 0. The van der Waals surface area contributed by atoms with Crippen molar-refractivity contribution in [1.82, 2.24) is 20.2 Å². The van der Waals surface area contributed by atoms with Crippen molar-refractivity contribution in [3.05, 3.63) is 64.1 Å². The van der Waals surface area contributed by atoms with Crippen LogP contribution in [0.2, 0.25) is 0 Å². The standard InChI is InChI=1S/C18H16BrN5O2/c1-25-13-6-7-17(26-2)14(9-13)16-10-15(11-4-3-5-12(19)8-11)20-18-21-22-23-24(16)18/h3-10,16H,1-2H3,(H,20,21,23). The molecule has 3 aromatic rings. The quantitative estimate of drug-likeness (QED) is 0.705. The number of anilines is 1. The van der Waals surface area contributed by atoms with Crippen molar-refractivity contribution in [2.24, 2.45) is 0 Å². The number of halogens is 1. The molecular weight excluding hydrogens is 398 g/mol. The highest BCUT2D eigenvalue weighted by Gasteiger charge is 2.27. The summed E-state index contributed by atoms with van der Waals surface area (Å²) in [7, 11) is 3.28. The second-order valence-corrected chi connectivity index (χ2v) is 6.63. The van der Waals surface area contributed by atoms with Gasteiger partial charge in [0.1, 0.15) is 17.5 Å². The van der Waals surface area contributed by atoms with Crippen molar-refractivity contribution in [3.63, 3.8) is 0 Å². The summed E-state index contributed by atoms with van der Waals surface area (Å²) in [4.78, 5) is 0. The van der Waals surface area contributed by atoms with E-state index >= 15 is 0 Å². The summed E-state index contributed by atoms with van der Waals surface area (Å²) in [6, 6.07) is 13.5. The zero-order valence-corrected chi connectivity index (χ0v) is 15.8. The molecule has 1 aliphatic rings. The Hall–Kier alpha value is -2.87. The maximum atomic E-state index is 5.56. The van der Waals surface area contributed by atoms with Gasteiger partial charge in [0.15, 0.2) is 0 Å². The van der Waals surface area contributed by atoms with Gasteiger partial charge in [0.25, 0.3) is 0 Å². The molecule has 4 rings (SSSR count). The number of methoxy groups -OCH3 is 2. The van der Waals surface area contributed by atoms with Crippen molar-refractivity contribution in [3.8, 4) is 11.5 Å². The first-order valence-electron chi connectivity index (χ1n) is 7.94. The summed E-state index contributed by atoms with van der Waals surface area (Å²) in [5.41, 5.74) is 2.86. The van der Waals surface area contributed by atoms with E-state index < -0.39 is 0 Å². The van der Waals surface area contributed by atoms with Crippen LogP contribution < -0.4 is 14.8 Å². The van der Waals surface area contributed by atoms with Crippen LogP contribution >= 0.6 is 15.9 Å². The number of nitrogens with zero attached hydrogens (tertiary/aromatic N) is 4. The average molecular weight is 414 g/mol. The van der Waals surface area contributed by atoms with Gasteiger partial charge in [-0.3, -0.25) is 0 Å². The molecule has 1 aromatic heterocycles. The molecular formula is C18H16BrN5O2. The smallest absolute Gasteiger partial charge is 0.248 e. The van der Waals surface area contributed by atoms with E-state index in [1.54, 1.807) is 18.9 Å². The minimum Gasteiger partial charge on any atom is -0.497 e. The molecule has 2 aromatic carbocycles. The highest BCUT2D eigenvalue weighted by atomic mass is 79.9. The van der Waals surface area contributed by atoms with Gasteiger partial charge in [-0.1, -0.05) is 33.2 Å². The molecule has 1 aliphatic heterocycles. The molecule has 1 unspecified atom stereocenters. The fourth-order valence-electron chi connectivity index (χ4n) is 2.97. The van der Waals surface area contributed by atoms with Crippen LogP contribution in [0.25, 0.3) is 5.70 Å². The predicted octanol–water partition coefficient (Wildman–Crippen LogP) is 3.51. The molecule has 8 heteroatoms. The SMILES string of the molecule is COc1ccc(OC)c(C2C=C(c3cccc(Br)c3)Nc3nnnn32)c1. The number of nitrogens with one attached hydrogen (secondary N) is 1. The van der Waals surface area contributed by atoms with Gasteiger partial charge in [0.2, 0.25) is 5.95 Å². The van der Waals surface area contributed by atoms with E-state index in [4.69, 9.17) is 9.47 Å². The van der Waals surface area contributed by atoms with E-state index in [1.165, 1.54) is 0 Å². The number of ether oxygens (including phenoxy) is 2. The van der Waals surface area contributed by atoms with Crippen molar-refractivity contribution < 1.29 is 9.47 Å². The largest absolute Gasteiger partial charge is 0.497 e. The van der Waals surface area contributed by atoms with E-state index in [2.05, 4.69) is 42.8 Å². The summed E-state index contributed by atoms with van der Waals surface area (Å²) in [5, 5.41) is 15.3. The summed E-state index contributed by atoms with van der Waals surface area (Å²) < 4.78 is 13.7. The van der Waals surface area contributed by atoms with Gasteiger partial charge in [-0.15, -0.1) is 0 Å². The van der Waals surface area contributed by atoms with Crippen molar-refractivity contribution >= 4 is 27.6 Å². The number of fused-ring (bicyclic) bond motifs is 1. The molecule has 0 spiro atoms. The lowest BCUT2D eigenvalue weighted by Crippen LogP contribution is -2.20. The van der Waals surface area contributed by atoms with Gasteiger partial charge in [-0.25, -0.2) is 0 Å². The van der Waals surface area contributed by atoms with Crippen molar-refractivity contribution in [2.75, 3.05) is 19.5 Å². The molecule has 1 atom stereocenters. The first kappa shape index (κ1) is 16.6. The number of hydrogen-bond acceptors (Lipinski definition) is 6. The van der Waals surface area contributed by atoms with E-state index in [-0.39, 0.29) is 6.04 Å². The Kier molecular flexibility index (Phi) is 4.34. The highest BCUT2D eigenvalue weighted by molar-refractivity contribution is 9.10. The molecule has 2 heterocycles. The second-order valence-electron chi connectivity index (χ2n) is 5.72. The summed E-state index contributed by atoms with van der Waals surface area (Å²) in [6.07, 6.45) is 2.07. The third-order valence-electron chi connectivity index (χ3n) is 4.22. The fraction of sp³-hybridized carbons (Fsp3) is 0.167. The third kappa shape index (κ3) is 2.92. The molecule has 26 heavy (non-hydrogen) atoms. The van der Waals surface area contributed by atoms with E-state index in [1.807, 2.05) is 42.5 Å². The summed E-state index contributed by atoms with van der Waals surface area (Å²) in [5.74, 6) is 2.05. The zero-order chi connectivity index (χ0) is 18.1. The van der Waals surface area contributed by atoms with Crippen LogP contribution in [0.15, 0.2) is 53.0 Å². The monoisotopic (exact) mass is 413 g/mol. The normalized spacial score (nSPS) is 15.7. The highest BCUT2D eigenvalue weighted by Crippen LogP contribution is 2.37. The maximum absolute atomic E-state index is 5.56. The minimum atomic E-state index is -0.236. The Labute approximate surface area is 158 Å². The van der Waals surface area contributed by atoms with E-state index in [0.717, 1.165) is 32.8 Å². The molecule has 1 N–H and O–H groups in total. The van der Waals surface area contributed by atoms with Gasteiger partial charge in [0, 0.05) is 15.7 Å². The molecule has 0 saturated heterocycles. The molecule has 7 nitrogen and oxygen atoms in total. The van der Waals surface area contributed by atoms with Crippen LogP contribution in [0.4, 0.5) is 5.95 Å². The second kappa shape index (κ2) is 6.80. The number of benzene rings is 2. The van der Waals surface area contributed by atoms with Crippen molar-refractivity contribution in [2.45, 2.75) is 6.04 Å². The molecule has 0 fully saturated rings. The molecule has 0 aliphatic carbocycles. The first-order valence-corrected chi connectivity index (χ1v) is 8.73. The lowest BCUT2D eigenvalue weighted by molar-refractivity contribution is 0.393. The van der Waals surface area contributed by atoms with Gasteiger partial charge in [0.05, 0.1) is 14.2 Å². The van der Waals surface area contributed by atoms with E-state index in [9.17, 15) is 0 Å². The number of rotatable bonds is 4. The van der Waals surface area contributed by atoms with Gasteiger partial charge >= 0.3 is 0 Å². The van der Waals surface area contributed by atoms with Gasteiger partial charge in [-0.2, -0.15) is 4.68 Å². The maximum Gasteiger partial charge on any atom is 0.248 e. The Bertz CT molecular complexity index is 985. The van der Waals surface area contributed by atoms with Gasteiger partial charge in [-0.05, 0) is 52.4 Å². The Balaban J connectivity index is 1.87. The topological polar surface area (TPSA) is 74.1 Å². The Morgan fingerprint density at radius 2 is 2.00 bits per heavy atom. The molecule has 0 bridgehead atoms. The predicted molar refractivity (Wildman–Crippen MR) is 101 cm³/mol. The first-order chi connectivity index (χ1) is 12.7. The van der Waals surface area contributed by atoms with Crippen LogP contribution in [-0.2, 0) is 0 Å². The fourth-order valence-corrected chi connectivity index (χ4v) is 3.37. The number of allylic oxidation sites excluding steroid dienone is 1. The van der Waals surface area contributed by atoms with Crippen LogP contribution in [0.5, 0.6) is 11.5 Å². The van der Waals surface area contributed by atoms with Crippen LogP contribution in [0.1, 0.15) is 17.2 Å². The van der Waals surface area contributed by atoms with Crippen LogP contribution in [0.3, 0.4) is 0 Å². The molecule has 0 amide bonds. The number of tetrazole rings is 1. The Morgan fingerprint density at radius 3 is 2.77 bits per heavy atom. The zero-order valence-electron chi connectivity index (χ0n) is 14.2. The van der Waals surface area contributed by atoms with Crippen LogP contribution in [-0.4, -0.2) is 34.4 Å². The molecule has 132 valence electrons. The van der Waals surface area contributed by atoms with Crippen LogP contribution in [0, 0.1) is 0 Å². The Morgan fingerprint density at radius 1 is 1.12 bits per heavy atom. The number of hydrogen-bond donors (Lipinski definition) is 1. The van der Waals surface area contributed by atoms with Gasteiger partial charge < -0.3 is 14.8 Å². The van der Waals surface area contributed by atoms with Crippen molar-refractivity contribution in [1.29, 1.82) is 0 Å². The number of aromatic nitrogens is 4. The average Bonchev–Trinajstić information content (AvgIpc) is 3.15. The lowest BCUT2D eigenvalue weighted by atomic mass is 10.0. The minimum absolute atomic E-state index is 0.236. The van der Waals surface area contributed by atoms with E-state index in [0.29, 0.717) is 5.95 Å². The molecule has 0 radical (unpaired) electrons.